The summed E-state index contributed by atoms with van der Waals surface area (Å²) in [5.41, 5.74) is 1.29. The van der Waals surface area contributed by atoms with Crippen LogP contribution in [0.4, 0.5) is 0 Å². The van der Waals surface area contributed by atoms with Crippen LogP contribution in [0.15, 0.2) is 24.3 Å². The van der Waals surface area contributed by atoms with Crippen molar-refractivity contribution in [2.24, 2.45) is 0 Å². The maximum Gasteiger partial charge on any atom is 0.123 e. The molecule has 1 aromatic rings. The van der Waals surface area contributed by atoms with Gasteiger partial charge in [0, 0.05) is 0 Å². The topological polar surface area (TPSA) is 21.3 Å². The number of nitrogens with one attached hydrogen (secondary N) is 1. The van der Waals surface area contributed by atoms with Crippen molar-refractivity contribution in [2.45, 2.75) is 46.1 Å². The van der Waals surface area contributed by atoms with Crippen LogP contribution in [-0.2, 0) is 0 Å². The van der Waals surface area contributed by atoms with Crippen molar-refractivity contribution in [1.82, 2.24) is 5.32 Å². The number of hydrogen-bond donors (Lipinski definition) is 1. The van der Waals surface area contributed by atoms with Gasteiger partial charge in [-0.25, -0.2) is 0 Å². The lowest BCUT2D eigenvalue weighted by molar-refractivity contribution is 0.207. The summed E-state index contributed by atoms with van der Waals surface area (Å²) in [6.07, 6.45) is 1.30. The fourth-order valence-electron chi connectivity index (χ4n) is 1.82. The Labute approximate surface area is 105 Å². The van der Waals surface area contributed by atoms with Gasteiger partial charge in [-0.3, -0.25) is 0 Å². The predicted octanol–water partition coefficient (Wildman–Crippen LogP) is 3.58. The molecule has 2 heteroatoms. The first kappa shape index (κ1) is 14.0. The maximum absolute atomic E-state index is 6.01. The largest absolute Gasteiger partial charge is 0.490 e. The second-order valence-corrected chi connectivity index (χ2v) is 4.76. The van der Waals surface area contributed by atoms with E-state index < -0.39 is 0 Å². The normalized spacial score (nSPS) is 12.8. The molecule has 0 bridgehead atoms. The van der Waals surface area contributed by atoms with Crippen LogP contribution < -0.4 is 10.1 Å². The van der Waals surface area contributed by atoms with Gasteiger partial charge in [-0.05, 0) is 44.0 Å². The Bertz CT molecular complexity index is 322. The molecule has 0 saturated heterocycles. The Kier molecular flexibility index (Phi) is 6.06. The minimum Gasteiger partial charge on any atom is -0.490 e. The number of hydrogen-bond acceptors (Lipinski definition) is 2. The van der Waals surface area contributed by atoms with E-state index in [1.807, 2.05) is 6.07 Å². The van der Waals surface area contributed by atoms with Crippen LogP contribution in [0.25, 0.3) is 0 Å². The highest BCUT2D eigenvalue weighted by Gasteiger charge is 2.09. The van der Waals surface area contributed by atoms with Gasteiger partial charge >= 0.3 is 0 Å². The third-order valence-electron chi connectivity index (χ3n) is 2.85. The van der Waals surface area contributed by atoms with Gasteiger partial charge in [0.15, 0.2) is 0 Å². The van der Waals surface area contributed by atoms with Crippen LogP contribution >= 0.6 is 0 Å². The molecule has 0 heterocycles. The second kappa shape index (κ2) is 7.33. The fourth-order valence-corrected chi connectivity index (χ4v) is 1.82. The highest BCUT2D eigenvalue weighted by molar-refractivity contribution is 5.35. The monoisotopic (exact) mass is 235 g/mol. The smallest absolute Gasteiger partial charge is 0.123 e. The van der Waals surface area contributed by atoms with Crippen LogP contribution in [0.5, 0.6) is 5.75 Å². The lowest BCUT2D eigenvalue weighted by atomic mass is 10.0. The van der Waals surface area contributed by atoms with E-state index in [0.29, 0.717) is 5.92 Å². The lowest BCUT2D eigenvalue weighted by Crippen LogP contribution is -2.22. The van der Waals surface area contributed by atoms with Crippen molar-refractivity contribution in [3.05, 3.63) is 29.8 Å². The van der Waals surface area contributed by atoms with E-state index in [1.165, 1.54) is 5.56 Å². The third kappa shape index (κ3) is 4.78. The van der Waals surface area contributed by atoms with Gasteiger partial charge in [-0.2, -0.15) is 0 Å². The maximum atomic E-state index is 6.01. The van der Waals surface area contributed by atoms with E-state index in [-0.39, 0.29) is 6.10 Å². The summed E-state index contributed by atoms with van der Waals surface area (Å²) in [4.78, 5) is 0. The Morgan fingerprint density at radius 2 is 1.88 bits per heavy atom. The zero-order valence-corrected chi connectivity index (χ0v) is 11.5. The molecule has 0 amide bonds. The molecule has 1 aromatic carbocycles. The number of benzene rings is 1. The Morgan fingerprint density at radius 1 is 1.18 bits per heavy atom. The zero-order valence-electron chi connectivity index (χ0n) is 11.5. The van der Waals surface area contributed by atoms with Gasteiger partial charge in [0.2, 0.25) is 0 Å². The van der Waals surface area contributed by atoms with Crippen LogP contribution in [0, 0.1) is 0 Å². The Hall–Kier alpha value is -1.02. The molecular formula is C15H25NO. The molecule has 1 unspecified atom stereocenters. The molecule has 1 atom stereocenters. The zero-order chi connectivity index (χ0) is 12.7. The van der Waals surface area contributed by atoms with Crippen molar-refractivity contribution in [3.63, 3.8) is 0 Å². The first-order valence-corrected chi connectivity index (χ1v) is 6.61. The average molecular weight is 235 g/mol. The molecule has 0 aromatic heterocycles. The summed E-state index contributed by atoms with van der Waals surface area (Å²) >= 11 is 0. The van der Waals surface area contributed by atoms with E-state index >= 15 is 0 Å². The van der Waals surface area contributed by atoms with E-state index in [2.05, 4.69) is 51.2 Å². The molecule has 0 aliphatic carbocycles. The van der Waals surface area contributed by atoms with E-state index in [0.717, 1.165) is 25.3 Å². The molecule has 0 aliphatic heterocycles. The highest BCUT2D eigenvalue weighted by Crippen LogP contribution is 2.26. The molecule has 2 nitrogen and oxygen atoms in total. The summed E-state index contributed by atoms with van der Waals surface area (Å²) in [6, 6.07) is 8.33. The summed E-state index contributed by atoms with van der Waals surface area (Å²) in [5.74, 6) is 1.54. The number of rotatable bonds is 7. The van der Waals surface area contributed by atoms with Crippen molar-refractivity contribution < 1.29 is 4.74 Å². The first-order chi connectivity index (χ1) is 8.15. The summed E-state index contributed by atoms with van der Waals surface area (Å²) in [7, 11) is 0. The summed E-state index contributed by atoms with van der Waals surface area (Å²) < 4.78 is 6.01. The fraction of sp³-hybridized carbons (Fsp3) is 0.600. The van der Waals surface area contributed by atoms with Crippen molar-refractivity contribution in [3.8, 4) is 5.75 Å². The minimum absolute atomic E-state index is 0.258. The van der Waals surface area contributed by atoms with Crippen molar-refractivity contribution >= 4 is 0 Å². The van der Waals surface area contributed by atoms with Gasteiger partial charge in [-0.1, -0.05) is 39.0 Å². The van der Waals surface area contributed by atoms with Gasteiger partial charge in [0.25, 0.3) is 0 Å². The van der Waals surface area contributed by atoms with Crippen LogP contribution in [-0.4, -0.2) is 19.2 Å². The predicted molar refractivity (Wildman–Crippen MR) is 73.8 cm³/mol. The molecule has 0 fully saturated rings. The molecule has 1 rings (SSSR count). The van der Waals surface area contributed by atoms with E-state index in [9.17, 15) is 0 Å². The first-order valence-electron chi connectivity index (χ1n) is 6.61. The molecule has 0 radical (unpaired) electrons. The standard InChI is InChI=1S/C15H25NO/c1-5-16-11-10-13(4)17-15-9-7-6-8-14(15)12(2)3/h6-9,12-13,16H,5,10-11H2,1-4H3. The van der Waals surface area contributed by atoms with Gasteiger partial charge in [0.05, 0.1) is 6.10 Å². The molecule has 0 aliphatic rings. The number of para-hydroxylation sites is 1. The van der Waals surface area contributed by atoms with Crippen LogP contribution in [0.3, 0.4) is 0 Å². The Balaban J connectivity index is 2.55. The number of ether oxygens (including phenoxy) is 1. The van der Waals surface area contributed by atoms with Gasteiger partial charge < -0.3 is 10.1 Å². The second-order valence-electron chi connectivity index (χ2n) is 4.76. The van der Waals surface area contributed by atoms with Crippen molar-refractivity contribution in [2.75, 3.05) is 13.1 Å². The molecule has 17 heavy (non-hydrogen) atoms. The quantitative estimate of drug-likeness (QED) is 0.729. The summed E-state index contributed by atoms with van der Waals surface area (Å²) in [5, 5.41) is 3.32. The van der Waals surface area contributed by atoms with Crippen LogP contribution in [0.2, 0.25) is 0 Å². The summed E-state index contributed by atoms with van der Waals surface area (Å²) in [6.45, 7) is 10.7. The molecule has 0 saturated carbocycles. The average Bonchev–Trinajstić information content (AvgIpc) is 2.29. The Morgan fingerprint density at radius 3 is 2.53 bits per heavy atom. The van der Waals surface area contributed by atoms with E-state index in [4.69, 9.17) is 4.74 Å². The molecule has 0 spiro atoms. The molecule has 96 valence electrons. The lowest BCUT2D eigenvalue weighted by Gasteiger charge is -2.19. The van der Waals surface area contributed by atoms with Crippen LogP contribution in [0.1, 0.15) is 45.6 Å². The van der Waals surface area contributed by atoms with Crippen molar-refractivity contribution in [1.29, 1.82) is 0 Å². The van der Waals surface area contributed by atoms with Gasteiger partial charge in [0.1, 0.15) is 5.75 Å². The van der Waals surface area contributed by atoms with E-state index in [1.54, 1.807) is 0 Å². The minimum atomic E-state index is 0.258. The highest BCUT2D eigenvalue weighted by atomic mass is 16.5. The third-order valence-corrected chi connectivity index (χ3v) is 2.85. The molecular weight excluding hydrogens is 210 g/mol. The molecule has 1 N–H and O–H groups in total. The van der Waals surface area contributed by atoms with Gasteiger partial charge in [-0.15, -0.1) is 0 Å². The SMILES string of the molecule is CCNCCC(C)Oc1ccccc1C(C)C.